The van der Waals surface area contributed by atoms with Crippen LogP contribution in [0.15, 0.2) is 77.7 Å². The van der Waals surface area contributed by atoms with E-state index in [1.54, 1.807) is 62.4 Å². The zero-order chi connectivity index (χ0) is 31.1. The fourth-order valence-electron chi connectivity index (χ4n) is 4.37. The minimum absolute atomic E-state index is 0.00346. The number of benzene rings is 3. The Bertz CT molecular complexity index is 1490. The van der Waals surface area contributed by atoms with Crippen molar-refractivity contribution in [2.75, 3.05) is 17.5 Å². The second-order valence-corrected chi connectivity index (χ2v) is 13.3. The van der Waals surface area contributed by atoms with E-state index in [0.717, 1.165) is 4.31 Å². The number of hydrogen-bond donors (Lipinski definition) is 1. The van der Waals surface area contributed by atoms with Gasteiger partial charge in [0.2, 0.25) is 11.8 Å². The van der Waals surface area contributed by atoms with Gasteiger partial charge in [0.25, 0.3) is 10.0 Å². The molecule has 0 radical (unpaired) electrons. The van der Waals surface area contributed by atoms with Gasteiger partial charge in [0.1, 0.15) is 18.3 Å². The first-order valence-electron chi connectivity index (χ1n) is 13.6. The Hall–Kier alpha value is -3.27. The maximum absolute atomic E-state index is 14.2. The molecule has 0 fully saturated rings. The Morgan fingerprint density at radius 3 is 2.14 bits per heavy atom. The van der Waals surface area contributed by atoms with Crippen molar-refractivity contribution in [2.24, 2.45) is 0 Å². The number of anilines is 1. The number of amides is 2. The van der Waals surface area contributed by atoms with Crippen LogP contribution in [0.25, 0.3) is 0 Å². The van der Waals surface area contributed by atoms with Crippen molar-refractivity contribution in [3.63, 3.8) is 0 Å². The number of sulfonamides is 1. The summed E-state index contributed by atoms with van der Waals surface area (Å²) in [5.41, 5.74) is 0.258. The molecule has 0 aliphatic carbocycles. The van der Waals surface area contributed by atoms with Crippen LogP contribution in [-0.4, -0.2) is 49.9 Å². The molecule has 11 heteroatoms. The third-order valence-electron chi connectivity index (χ3n) is 6.30. The molecular formula is C31H37Cl2N3O5S. The Labute approximate surface area is 258 Å². The van der Waals surface area contributed by atoms with Crippen LogP contribution in [-0.2, 0) is 26.2 Å². The van der Waals surface area contributed by atoms with Crippen molar-refractivity contribution >= 4 is 50.7 Å². The summed E-state index contributed by atoms with van der Waals surface area (Å²) in [5.74, 6) is -0.651. The third kappa shape index (κ3) is 8.40. The summed E-state index contributed by atoms with van der Waals surface area (Å²) < 4.78 is 34.9. The van der Waals surface area contributed by atoms with Gasteiger partial charge >= 0.3 is 0 Å². The van der Waals surface area contributed by atoms with E-state index in [2.05, 4.69) is 5.32 Å². The number of carbonyl (C=O) groups excluding carboxylic acids is 2. The molecule has 226 valence electrons. The van der Waals surface area contributed by atoms with Crippen LogP contribution in [0, 0.1) is 0 Å². The Morgan fingerprint density at radius 2 is 1.55 bits per heavy atom. The second kappa shape index (κ2) is 14.3. The van der Waals surface area contributed by atoms with Crippen molar-refractivity contribution in [1.29, 1.82) is 0 Å². The first-order valence-corrected chi connectivity index (χ1v) is 15.8. The summed E-state index contributed by atoms with van der Waals surface area (Å²) in [6.07, 6.45) is 0.289. The third-order valence-corrected chi connectivity index (χ3v) is 8.69. The van der Waals surface area contributed by atoms with Crippen molar-refractivity contribution in [2.45, 2.75) is 64.1 Å². The van der Waals surface area contributed by atoms with Crippen molar-refractivity contribution in [1.82, 2.24) is 10.2 Å². The average molecular weight is 635 g/mol. The average Bonchev–Trinajstić information content (AvgIpc) is 2.92. The maximum atomic E-state index is 14.2. The number of rotatable bonds is 12. The number of carbonyl (C=O) groups is 2. The van der Waals surface area contributed by atoms with Crippen molar-refractivity contribution < 1.29 is 22.7 Å². The molecule has 0 heterocycles. The van der Waals surface area contributed by atoms with Gasteiger partial charge in [-0.25, -0.2) is 8.42 Å². The van der Waals surface area contributed by atoms with Crippen molar-refractivity contribution in [3.8, 4) is 5.75 Å². The Balaban J connectivity index is 2.13. The molecule has 1 N–H and O–H groups in total. The highest BCUT2D eigenvalue weighted by Gasteiger charge is 2.35. The standard InChI is InChI=1S/C31H37Cl2N3O5S/c1-6-26(30(38)34-31(3,4)5)35(20-22-12-8-9-13-25(22)33)29(37)21-36(27-14-10-11-15-28(27)41-7-2)42(39,40)24-18-16-23(32)17-19-24/h8-19,26H,6-7,20-21H2,1-5H3,(H,34,38)/t26-/m0/s1. The molecule has 0 saturated heterocycles. The summed E-state index contributed by atoms with van der Waals surface area (Å²) in [6, 6.07) is 18.4. The summed E-state index contributed by atoms with van der Waals surface area (Å²) in [6.45, 7) is 8.81. The van der Waals surface area contributed by atoms with E-state index in [1.165, 1.54) is 29.2 Å². The minimum Gasteiger partial charge on any atom is -0.492 e. The highest BCUT2D eigenvalue weighted by molar-refractivity contribution is 7.92. The zero-order valence-corrected chi connectivity index (χ0v) is 26.8. The van der Waals surface area contributed by atoms with E-state index in [4.69, 9.17) is 27.9 Å². The number of nitrogens with one attached hydrogen (secondary N) is 1. The van der Waals surface area contributed by atoms with Crippen LogP contribution in [0.5, 0.6) is 5.75 Å². The SMILES string of the molecule is CCOc1ccccc1N(CC(=O)N(Cc1ccccc1Cl)[C@@H](CC)C(=O)NC(C)(C)C)S(=O)(=O)c1ccc(Cl)cc1. The van der Waals surface area contributed by atoms with E-state index in [-0.39, 0.29) is 36.1 Å². The quantitative estimate of drug-likeness (QED) is 0.252. The number of halogens is 2. The second-order valence-electron chi connectivity index (χ2n) is 10.6. The Kier molecular flexibility index (Phi) is 11.3. The number of nitrogens with zero attached hydrogens (tertiary/aromatic N) is 2. The molecule has 42 heavy (non-hydrogen) atoms. The zero-order valence-electron chi connectivity index (χ0n) is 24.4. The molecular weight excluding hydrogens is 597 g/mol. The van der Waals surface area contributed by atoms with Gasteiger partial charge in [-0.3, -0.25) is 13.9 Å². The smallest absolute Gasteiger partial charge is 0.264 e. The largest absolute Gasteiger partial charge is 0.492 e. The Morgan fingerprint density at radius 1 is 0.929 bits per heavy atom. The van der Waals surface area contributed by atoms with Crippen LogP contribution in [0.4, 0.5) is 5.69 Å². The van der Waals surface area contributed by atoms with Crippen LogP contribution < -0.4 is 14.4 Å². The molecule has 0 spiro atoms. The molecule has 8 nitrogen and oxygen atoms in total. The molecule has 0 aliphatic rings. The summed E-state index contributed by atoms with van der Waals surface area (Å²) in [5, 5.41) is 3.74. The fourth-order valence-corrected chi connectivity index (χ4v) is 6.12. The molecule has 3 rings (SSSR count). The van der Waals surface area contributed by atoms with E-state index in [1.807, 2.05) is 20.8 Å². The van der Waals surface area contributed by atoms with Gasteiger partial charge in [-0.1, -0.05) is 60.5 Å². The van der Waals surface area contributed by atoms with Crippen LogP contribution in [0.3, 0.4) is 0 Å². The van der Waals surface area contributed by atoms with Gasteiger partial charge in [0.15, 0.2) is 0 Å². The van der Waals surface area contributed by atoms with Gasteiger partial charge in [0, 0.05) is 22.1 Å². The van der Waals surface area contributed by atoms with Crippen LogP contribution in [0.1, 0.15) is 46.6 Å². The summed E-state index contributed by atoms with van der Waals surface area (Å²) in [7, 11) is -4.28. The molecule has 0 aliphatic heterocycles. The lowest BCUT2D eigenvalue weighted by molar-refractivity contribution is -0.141. The molecule has 0 unspecified atom stereocenters. The van der Waals surface area contributed by atoms with E-state index >= 15 is 0 Å². The molecule has 0 bridgehead atoms. The van der Waals surface area contributed by atoms with E-state index < -0.39 is 34.1 Å². The summed E-state index contributed by atoms with van der Waals surface area (Å²) in [4.78, 5) is 29.0. The van der Waals surface area contributed by atoms with Gasteiger partial charge in [0.05, 0.1) is 17.2 Å². The maximum Gasteiger partial charge on any atom is 0.264 e. The lowest BCUT2D eigenvalue weighted by Crippen LogP contribution is -2.55. The highest BCUT2D eigenvalue weighted by Crippen LogP contribution is 2.33. The number of ether oxygens (including phenoxy) is 1. The van der Waals surface area contributed by atoms with Gasteiger partial charge < -0.3 is 15.0 Å². The lowest BCUT2D eigenvalue weighted by atomic mass is 10.1. The molecule has 3 aromatic rings. The van der Waals surface area contributed by atoms with Crippen molar-refractivity contribution in [3.05, 3.63) is 88.4 Å². The fraction of sp³-hybridized carbons (Fsp3) is 0.355. The normalized spacial score (nSPS) is 12.4. The molecule has 2 amide bonds. The highest BCUT2D eigenvalue weighted by atomic mass is 35.5. The van der Waals surface area contributed by atoms with E-state index in [9.17, 15) is 18.0 Å². The first-order chi connectivity index (χ1) is 19.8. The van der Waals surface area contributed by atoms with E-state index in [0.29, 0.717) is 21.4 Å². The monoisotopic (exact) mass is 633 g/mol. The molecule has 0 aromatic heterocycles. The molecule has 3 aromatic carbocycles. The molecule has 0 saturated carbocycles. The minimum atomic E-state index is -4.28. The number of hydrogen-bond acceptors (Lipinski definition) is 5. The predicted octanol–water partition coefficient (Wildman–Crippen LogP) is 6.31. The topological polar surface area (TPSA) is 96.0 Å². The van der Waals surface area contributed by atoms with Crippen LogP contribution in [0.2, 0.25) is 10.0 Å². The van der Waals surface area contributed by atoms with Crippen LogP contribution >= 0.6 is 23.2 Å². The predicted molar refractivity (Wildman–Crippen MR) is 168 cm³/mol. The van der Waals surface area contributed by atoms with Gasteiger partial charge in [-0.15, -0.1) is 0 Å². The summed E-state index contributed by atoms with van der Waals surface area (Å²) >= 11 is 12.5. The lowest BCUT2D eigenvalue weighted by Gasteiger charge is -2.35. The van der Waals surface area contributed by atoms with Gasteiger partial charge in [-0.05, 0) is 82.1 Å². The van der Waals surface area contributed by atoms with Gasteiger partial charge in [-0.2, -0.15) is 0 Å². The first kappa shape index (κ1) is 33.2. The molecule has 1 atom stereocenters. The number of para-hydroxylation sites is 2.